The summed E-state index contributed by atoms with van der Waals surface area (Å²) in [6.07, 6.45) is 2.84. The first-order chi connectivity index (χ1) is 12.3. The van der Waals surface area contributed by atoms with Crippen molar-refractivity contribution in [1.29, 1.82) is 0 Å². The van der Waals surface area contributed by atoms with E-state index >= 15 is 0 Å². The topological polar surface area (TPSA) is 76.0 Å². The van der Waals surface area contributed by atoms with Gasteiger partial charge in [-0.3, -0.25) is 4.79 Å². The highest BCUT2D eigenvalue weighted by Gasteiger charge is 2.33. The van der Waals surface area contributed by atoms with Crippen LogP contribution in [0.25, 0.3) is 6.08 Å². The highest BCUT2D eigenvalue weighted by atomic mass is 16.5. The highest BCUT2D eigenvalue weighted by molar-refractivity contribution is 6.04. The smallest absolute Gasteiger partial charge is 0.174 e. The normalized spacial score (nSPS) is 17.1. The van der Waals surface area contributed by atoms with Gasteiger partial charge in [-0.25, -0.2) is 0 Å². The Hall–Kier alpha value is -2.79. The van der Waals surface area contributed by atoms with Gasteiger partial charge < -0.3 is 19.7 Å². The molecule has 1 heterocycles. The van der Waals surface area contributed by atoms with Crippen LogP contribution in [0.5, 0.6) is 17.2 Å². The largest absolute Gasteiger partial charge is 0.507 e. The summed E-state index contributed by atoms with van der Waals surface area (Å²) in [5, 5.41) is 20.4. The first-order valence-corrected chi connectivity index (χ1v) is 8.40. The van der Waals surface area contributed by atoms with Crippen molar-refractivity contribution in [3.63, 3.8) is 0 Å². The van der Waals surface area contributed by atoms with E-state index in [1.54, 1.807) is 19.9 Å². The minimum Gasteiger partial charge on any atom is -0.507 e. The number of carbonyl (C=O) groups is 1. The Morgan fingerprint density at radius 1 is 1.27 bits per heavy atom. The summed E-state index contributed by atoms with van der Waals surface area (Å²) >= 11 is 0. The lowest BCUT2D eigenvalue weighted by Gasteiger charge is -2.28. The monoisotopic (exact) mass is 354 g/mol. The summed E-state index contributed by atoms with van der Waals surface area (Å²) in [6, 6.07) is 10.9. The van der Waals surface area contributed by atoms with Crippen molar-refractivity contribution < 1.29 is 24.5 Å². The third-order valence-corrected chi connectivity index (χ3v) is 4.22. The number of rotatable bonds is 4. The van der Waals surface area contributed by atoms with Crippen molar-refractivity contribution in [2.75, 3.05) is 7.11 Å². The maximum atomic E-state index is 12.8. The van der Waals surface area contributed by atoms with Crippen LogP contribution in [-0.2, 0) is 0 Å². The van der Waals surface area contributed by atoms with Gasteiger partial charge in [-0.1, -0.05) is 36.4 Å². The molecule has 0 bridgehead atoms. The number of methoxy groups -OCH3 is 1. The van der Waals surface area contributed by atoms with Gasteiger partial charge >= 0.3 is 0 Å². The standard InChI is InChI=1S/C21H22O5/c1-21(2,24)10-9-14-15(22)11-18(25-3)19-16(23)12-17(26-20(14)19)13-7-5-4-6-8-13/h4-11,17,22,24H,12H2,1-3H3/b10-9-/t17-/m1/s1. The van der Waals surface area contributed by atoms with Crippen molar-refractivity contribution in [2.24, 2.45) is 0 Å². The van der Waals surface area contributed by atoms with E-state index in [1.165, 1.54) is 19.3 Å². The van der Waals surface area contributed by atoms with E-state index in [2.05, 4.69) is 0 Å². The maximum Gasteiger partial charge on any atom is 0.174 e. The summed E-state index contributed by atoms with van der Waals surface area (Å²) < 4.78 is 11.4. The first kappa shape index (κ1) is 18.0. The molecule has 0 saturated carbocycles. The molecule has 0 unspecified atom stereocenters. The minimum atomic E-state index is -1.07. The molecule has 0 aliphatic carbocycles. The lowest BCUT2D eigenvalue weighted by molar-refractivity contribution is 0.0843. The van der Waals surface area contributed by atoms with Gasteiger partial charge in [0, 0.05) is 6.07 Å². The summed E-state index contributed by atoms with van der Waals surface area (Å²) in [6.45, 7) is 3.24. The Balaban J connectivity index is 2.14. The number of aromatic hydroxyl groups is 1. The molecule has 1 atom stereocenters. The summed E-state index contributed by atoms with van der Waals surface area (Å²) in [4.78, 5) is 12.8. The zero-order valence-electron chi connectivity index (χ0n) is 15.0. The van der Waals surface area contributed by atoms with Gasteiger partial charge in [0.25, 0.3) is 0 Å². The Morgan fingerprint density at radius 3 is 2.58 bits per heavy atom. The molecule has 26 heavy (non-hydrogen) atoms. The third-order valence-electron chi connectivity index (χ3n) is 4.22. The predicted octanol–water partition coefficient (Wildman–Crippen LogP) is 3.89. The van der Waals surface area contributed by atoms with E-state index < -0.39 is 11.7 Å². The van der Waals surface area contributed by atoms with Crippen molar-refractivity contribution in [3.8, 4) is 17.2 Å². The van der Waals surface area contributed by atoms with E-state index in [0.29, 0.717) is 11.1 Å². The second-order valence-electron chi connectivity index (χ2n) is 6.85. The predicted molar refractivity (Wildman–Crippen MR) is 98.7 cm³/mol. The highest BCUT2D eigenvalue weighted by Crippen LogP contribution is 2.46. The zero-order valence-corrected chi connectivity index (χ0v) is 15.0. The number of hydrogen-bond acceptors (Lipinski definition) is 5. The molecule has 1 aliphatic rings. The molecule has 0 radical (unpaired) electrons. The molecule has 5 heteroatoms. The van der Waals surface area contributed by atoms with Crippen LogP contribution in [0.15, 0.2) is 42.5 Å². The molecule has 0 spiro atoms. The molecule has 5 nitrogen and oxygen atoms in total. The number of carbonyl (C=O) groups excluding carboxylic acids is 1. The van der Waals surface area contributed by atoms with Crippen molar-refractivity contribution in [3.05, 3.63) is 59.2 Å². The number of phenolic OH excluding ortho intramolecular Hbond substituents is 1. The number of fused-ring (bicyclic) bond motifs is 1. The molecule has 2 aromatic rings. The Kier molecular flexibility index (Phi) is 4.74. The van der Waals surface area contributed by atoms with Crippen molar-refractivity contribution in [1.82, 2.24) is 0 Å². The number of ketones is 1. The number of phenols is 1. The molecule has 2 N–H and O–H groups in total. The lowest BCUT2D eigenvalue weighted by Crippen LogP contribution is -2.22. The van der Waals surface area contributed by atoms with Crippen LogP contribution >= 0.6 is 0 Å². The number of benzene rings is 2. The molecule has 3 rings (SSSR count). The van der Waals surface area contributed by atoms with E-state index in [-0.39, 0.29) is 29.5 Å². The first-order valence-electron chi connectivity index (χ1n) is 8.40. The fraction of sp³-hybridized carbons (Fsp3) is 0.286. The molecule has 0 saturated heterocycles. The van der Waals surface area contributed by atoms with Crippen LogP contribution in [0.3, 0.4) is 0 Å². The van der Waals surface area contributed by atoms with Crippen LogP contribution < -0.4 is 9.47 Å². The maximum absolute atomic E-state index is 12.8. The van der Waals surface area contributed by atoms with E-state index in [0.717, 1.165) is 5.56 Å². The second-order valence-corrected chi connectivity index (χ2v) is 6.85. The number of aliphatic hydroxyl groups is 1. The molecule has 0 amide bonds. The van der Waals surface area contributed by atoms with Gasteiger partial charge in [0.1, 0.15) is 28.9 Å². The van der Waals surface area contributed by atoms with Gasteiger partial charge in [-0.05, 0) is 25.5 Å². The molecule has 0 fully saturated rings. The SMILES string of the molecule is COc1cc(O)c(/C=C\C(C)(C)O)c2c1C(=O)C[C@H](c1ccccc1)O2. The third kappa shape index (κ3) is 3.58. The molecular weight excluding hydrogens is 332 g/mol. The molecule has 1 aliphatic heterocycles. The van der Waals surface area contributed by atoms with Crippen molar-refractivity contribution in [2.45, 2.75) is 32.0 Å². The fourth-order valence-electron chi connectivity index (χ4n) is 2.94. The molecule has 0 aromatic heterocycles. The fourth-order valence-corrected chi connectivity index (χ4v) is 2.94. The number of Topliss-reactive ketones (excluding diaryl/α,β-unsaturated/α-hetero) is 1. The van der Waals surface area contributed by atoms with E-state index in [4.69, 9.17) is 9.47 Å². The molecule has 136 valence electrons. The van der Waals surface area contributed by atoms with Crippen LogP contribution in [-0.4, -0.2) is 28.7 Å². The zero-order chi connectivity index (χ0) is 18.9. The average Bonchev–Trinajstić information content (AvgIpc) is 2.59. The van der Waals surface area contributed by atoms with Gasteiger partial charge in [0.15, 0.2) is 5.78 Å². The van der Waals surface area contributed by atoms with Gasteiger partial charge in [0.2, 0.25) is 0 Å². The Labute approximate surface area is 152 Å². The van der Waals surface area contributed by atoms with Crippen LogP contribution in [0, 0.1) is 0 Å². The van der Waals surface area contributed by atoms with Gasteiger partial charge in [0.05, 0.1) is 24.7 Å². The quantitative estimate of drug-likeness (QED) is 0.871. The van der Waals surface area contributed by atoms with Crippen LogP contribution in [0.1, 0.15) is 47.9 Å². The second kappa shape index (κ2) is 6.84. The van der Waals surface area contributed by atoms with E-state index in [9.17, 15) is 15.0 Å². The van der Waals surface area contributed by atoms with Gasteiger partial charge in [-0.15, -0.1) is 0 Å². The van der Waals surface area contributed by atoms with Crippen LogP contribution in [0.4, 0.5) is 0 Å². The Bertz CT molecular complexity index is 847. The average molecular weight is 354 g/mol. The lowest BCUT2D eigenvalue weighted by atomic mass is 9.92. The van der Waals surface area contributed by atoms with E-state index in [1.807, 2.05) is 30.3 Å². The summed E-state index contributed by atoms with van der Waals surface area (Å²) in [5.41, 5.74) is 0.465. The molecular formula is C21H22O5. The minimum absolute atomic E-state index is 0.0809. The van der Waals surface area contributed by atoms with Gasteiger partial charge in [-0.2, -0.15) is 0 Å². The number of hydrogen-bond donors (Lipinski definition) is 2. The molecule has 2 aromatic carbocycles. The summed E-state index contributed by atoms with van der Waals surface area (Å²) in [5.74, 6) is 0.347. The van der Waals surface area contributed by atoms with Crippen molar-refractivity contribution >= 4 is 11.9 Å². The summed E-state index contributed by atoms with van der Waals surface area (Å²) in [7, 11) is 1.44. The Morgan fingerprint density at radius 2 is 1.96 bits per heavy atom. The number of ether oxygens (including phenoxy) is 2. The van der Waals surface area contributed by atoms with Crippen LogP contribution in [0.2, 0.25) is 0 Å².